The largest absolute Gasteiger partial charge is 0.380 e. The van der Waals surface area contributed by atoms with Crippen molar-refractivity contribution in [3.8, 4) is 0 Å². The van der Waals surface area contributed by atoms with E-state index in [2.05, 4.69) is 41.5 Å². The average molecular weight is 220 g/mol. The molecule has 0 spiro atoms. The highest BCUT2D eigenvalue weighted by molar-refractivity contribution is 5.25. The Bertz CT molecular complexity index is 323. The van der Waals surface area contributed by atoms with Crippen molar-refractivity contribution in [1.82, 2.24) is 10.2 Å². The standard InChI is InChI=1S/C13H20N2O/c1-15-8-7-14-9-13(15)12-5-3-11(4-6-12)10-16-2/h3-6,13-14H,7-10H2,1-2H3. The minimum atomic E-state index is 0.505. The third-order valence-corrected chi connectivity index (χ3v) is 3.19. The lowest BCUT2D eigenvalue weighted by molar-refractivity contribution is 0.184. The number of rotatable bonds is 3. The van der Waals surface area contributed by atoms with Gasteiger partial charge in [0.2, 0.25) is 0 Å². The summed E-state index contributed by atoms with van der Waals surface area (Å²) in [6.45, 7) is 3.94. The van der Waals surface area contributed by atoms with Crippen molar-refractivity contribution in [3.63, 3.8) is 0 Å². The molecule has 0 aliphatic carbocycles. The summed E-state index contributed by atoms with van der Waals surface area (Å²) in [5.41, 5.74) is 2.62. The summed E-state index contributed by atoms with van der Waals surface area (Å²) in [5.74, 6) is 0. The first-order chi connectivity index (χ1) is 7.81. The predicted octanol–water partition coefficient (Wildman–Crippen LogP) is 1.41. The van der Waals surface area contributed by atoms with Crippen LogP contribution < -0.4 is 5.32 Å². The molecule has 0 amide bonds. The third-order valence-electron chi connectivity index (χ3n) is 3.19. The van der Waals surface area contributed by atoms with Crippen LogP contribution in [0.3, 0.4) is 0 Å². The summed E-state index contributed by atoms with van der Waals surface area (Å²) >= 11 is 0. The first-order valence-corrected chi connectivity index (χ1v) is 5.80. The summed E-state index contributed by atoms with van der Waals surface area (Å²) < 4.78 is 5.11. The summed E-state index contributed by atoms with van der Waals surface area (Å²) in [6, 6.07) is 9.23. The first-order valence-electron chi connectivity index (χ1n) is 5.80. The lowest BCUT2D eigenvalue weighted by Gasteiger charge is -2.33. The molecule has 1 saturated heterocycles. The van der Waals surface area contributed by atoms with E-state index in [1.807, 2.05) is 0 Å². The van der Waals surface area contributed by atoms with Crippen molar-refractivity contribution in [2.24, 2.45) is 0 Å². The van der Waals surface area contributed by atoms with E-state index < -0.39 is 0 Å². The number of hydrogen-bond acceptors (Lipinski definition) is 3. The highest BCUT2D eigenvalue weighted by Gasteiger charge is 2.19. The molecule has 1 aromatic rings. The van der Waals surface area contributed by atoms with Crippen LogP contribution >= 0.6 is 0 Å². The van der Waals surface area contributed by atoms with Gasteiger partial charge in [0.05, 0.1) is 6.61 Å². The van der Waals surface area contributed by atoms with Gasteiger partial charge in [-0.05, 0) is 18.2 Å². The lowest BCUT2D eigenvalue weighted by Crippen LogP contribution is -2.43. The highest BCUT2D eigenvalue weighted by Crippen LogP contribution is 2.20. The third kappa shape index (κ3) is 2.61. The molecule has 0 bridgehead atoms. The van der Waals surface area contributed by atoms with Crippen LogP contribution in [-0.4, -0.2) is 38.7 Å². The first kappa shape index (κ1) is 11.6. The van der Waals surface area contributed by atoms with Crippen LogP contribution in [0.1, 0.15) is 17.2 Å². The molecule has 1 N–H and O–H groups in total. The van der Waals surface area contributed by atoms with Gasteiger partial charge in [-0.15, -0.1) is 0 Å². The molecule has 1 unspecified atom stereocenters. The highest BCUT2D eigenvalue weighted by atomic mass is 16.5. The number of hydrogen-bond donors (Lipinski definition) is 1. The van der Waals surface area contributed by atoms with E-state index >= 15 is 0 Å². The molecule has 1 aliphatic heterocycles. The van der Waals surface area contributed by atoms with Crippen molar-refractivity contribution in [2.75, 3.05) is 33.8 Å². The molecule has 0 aromatic heterocycles. The minimum absolute atomic E-state index is 0.505. The number of nitrogens with zero attached hydrogens (tertiary/aromatic N) is 1. The van der Waals surface area contributed by atoms with Crippen LogP contribution in [0.5, 0.6) is 0 Å². The number of benzene rings is 1. The Morgan fingerprint density at radius 2 is 2.12 bits per heavy atom. The average Bonchev–Trinajstić information content (AvgIpc) is 2.31. The van der Waals surface area contributed by atoms with Gasteiger partial charge in [-0.25, -0.2) is 0 Å². The fraction of sp³-hybridized carbons (Fsp3) is 0.538. The minimum Gasteiger partial charge on any atom is -0.380 e. The molecule has 1 heterocycles. The second-order valence-electron chi connectivity index (χ2n) is 4.38. The van der Waals surface area contributed by atoms with Crippen molar-refractivity contribution < 1.29 is 4.74 Å². The summed E-state index contributed by atoms with van der Waals surface area (Å²) in [6.07, 6.45) is 0. The molecule has 3 heteroatoms. The summed E-state index contributed by atoms with van der Waals surface area (Å²) in [4.78, 5) is 2.40. The summed E-state index contributed by atoms with van der Waals surface area (Å²) in [7, 11) is 3.92. The van der Waals surface area contributed by atoms with Crippen LogP contribution in [0, 0.1) is 0 Å². The van der Waals surface area contributed by atoms with Gasteiger partial charge in [0.1, 0.15) is 0 Å². The van der Waals surface area contributed by atoms with Crippen LogP contribution in [0.15, 0.2) is 24.3 Å². The van der Waals surface area contributed by atoms with Gasteiger partial charge < -0.3 is 10.1 Å². The van der Waals surface area contributed by atoms with Crippen LogP contribution in [-0.2, 0) is 11.3 Å². The fourth-order valence-electron chi connectivity index (χ4n) is 2.18. The fourth-order valence-corrected chi connectivity index (χ4v) is 2.18. The number of likely N-dealkylation sites (N-methyl/N-ethyl adjacent to an activating group) is 1. The SMILES string of the molecule is COCc1ccc(C2CNCCN2C)cc1. The maximum Gasteiger partial charge on any atom is 0.0713 e. The summed E-state index contributed by atoms with van der Waals surface area (Å²) in [5, 5.41) is 3.44. The predicted molar refractivity (Wildman–Crippen MR) is 65.4 cm³/mol. The molecule has 0 radical (unpaired) electrons. The van der Waals surface area contributed by atoms with Gasteiger partial charge >= 0.3 is 0 Å². The van der Waals surface area contributed by atoms with Crippen molar-refractivity contribution in [1.29, 1.82) is 0 Å². The van der Waals surface area contributed by atoms with Crippen LogP contribution in [0.25, 0.3) is 0 Å². The Balaban J connectivity index is 2.08. The van der Waals surface area contributed by atoms with E-state index in [0.29, 0.717) is 12.6 Å². The molecule has 1 atom stereocenters. The monoisotopic (exact) mass is 220 g/mol. The molecule has 0 saturated carbocycles. The Morgan fingerprint density at radius 1 is 1.38 bits per heavy atom. The Hall–Kier alpha value is -0.900. The maximum absolute atomic E-state index is 5.11. The molecule has 1 aliphatic rings. The quantitative estimate of drug-likeness (QED) is 0.833. The number of methoxy groups -OCH3 is 1. The van der Waals surface area contributed by atoms with Gasteiger partial charge in [0, 0.05) is 32.8 Å². The number of ether oxygens (including phenoxy) is 1. The van der Waals surface area contributed by atoms with Gasteiger partial charge in [-0.2, -0.15) is 0 Å². The van der Waals surface area contributed by atoms with E-state index in [9.17, 15) is 0 Å². The van der Waals surface area contributed by atoms with Crippen LogP contribution in [0.2, 0.25) is 0 Å². The van der Waals surface area contributed by atoms with Gasteiger partial charge in [0.15, 0.2) is 0 Å². The van der Waals surface area contributed by atoms with Gasteiger partial charge in [-0.1, -0.05) is 24.3 Å². The van der Waals surface area contributed by atoms with Crippen molar-refractivity contribution >= 4 is 0 Å². The molecule has 16 heavy (non-hydrogen) atoms. The number of nitrogens with one attached hydrogen (secondary N) is 1. The van der Waals surface area contributed by atoms with E-state index in [1.54, 1.807) is 7.11 Å². The molecule has 88 valence electrons. The van der Waals surface area contributed by atoms with E-state index in [4.69, 9.17) is 4.74 Å². The second kappa shape index (κ2) is 5.43. The zero-order valence-electron chi connectivity index (χ0n) is 10.1. The molecule has 2 rings (SSSR count). The van der Waals surface area contributed by atoms with Crippen LogP contribution in [0.4, 0.5) is 0 Å². The Labute approximate surface area is 97.4 Å². The zero-order valence-corrected chi connectivity index (χ0v) is 10.1. The molecule has 3 nitrogen and oxygen atoms in total. The van der Waals surface area contributed by atoms with Crippen molar-refractivity contribution in [2.45, 2.75) is 12.6 Å². The normalized spacial score (nSPS) is 22.2. The maximum atomic E-state index is 5.11. The number of piperazine rings is 1. The molecule has 1 fully saturated rings. The van der Waals surface area contributed by atoms with Gasteiger partial charge in [0.25, 0.3) is 0 Å². The molecular weight excluding hydrogens is 200 g/mol. The zero-order chi connectivity index (χ0) is 11.4. The van der Waals surface area contributed by atoms with E-state index in [1.165, 1.54) is 11.1 Å². The smallest absolute Gasteiger partial charge is 0.0713 e. The lowest BCUT2D eigenvalue weighted by atomic mass is 10.0. The van der Waals surface area contributed by atoms with Crippen molar-refractivity contribution in [3.05, 3.63) is 35.4 Å². The second-order valence-corrected chi connectivity index (χ2v) is 4.38. The Kier molecular flexibility index (Phi) is 3.93. The molecular formula is C13H20N2O. The van der Waals surface area contributed by atoms with E-state index in [-0.39, 0.29) is 0 Å². The molecule has 1 aromatic carbocycles. The van der Waals surface area contributed by atoms with Gasteiger partial charge in [-0.3, -0.25) is 4.90 Å². The Morgan fingerprint density at radius 3 is 2.75 bits per heavy atom. The topological polar surface area (TPSA) is 24.5 Å². The van der Waals surface area contributed by atoms with E-state index in [0.717, 1.165) is 19.6 Å².